The molecule has 0 spiro atoms. The molecule has 6 nitrogen and oxygen atoms in total. The summed E-state index contributed by atoms with van der Waals surface area (Å²) in [5.41, 5.74) is 0. The molecule has 6 atom stereocenters. The number of carbonyl (C=O) groups is 4. The topological polar surface area (TPSA) is 86.7 Å². The number of cyclic esters (lactones) is 4. The molecule has 2 aliphatic carbocycles. The zero-order chi connectivity index (χ0) is 11.9. The predicted molar refractivity (Wildman–Crippen MR) is 47.8 cm³/mol. The van der Waals surface area contributed by atoms with E-state index in [1.165, 1.54) is 0 Å². The van der Waals surface area contributed by atoms with Crippen molar-refractivity contribution in [2.45, 2.75) is 6.42 Å². The van der Waals surface area contributed by atoms with Crippen molar-refractivity contribution < 1.29 is 28.7 Å². The average Bonchev–Trinajstić information content (AvgIpc) is 2.92. The Morgan fingerprint density at radius 2 is 0.941 bits per heavy atom. The normalized spacial score (nSPS) is 50.4. The van der Waals surface area contributed by atoms with Gasteiger partial charge in [-0.1, -0.05) is 0 Å². The molecule has 2 bridgehead atoms. The highest BCUT2D eigenvalue weighted by atomic mass is 16.6. The molecule has 2 saturated heterocycles. The van der Waals surface area contributed by atoms with Crippen LogP contribution in [-0.4, -0.2) is 23.9 Å². The van der Waals surface area contributed by atoms with Gasteiger partial charge in [0.1, 0.15) is 0 Å². The highest BCUT2D eigenvalue weighted by Crippen LogP contribution is 2.62. The molecular formula is C11H8O6. The fraction of sp³-hybridized carbons (Fsp3) is 0.636. The van der Waals surface area contributed by atoms with Crippen LogP contribution < -0.4 is 0 Å². The lowest BCUT2D eigenvalue weighted by atomic mass is 9.70. The van der Waals surface area contributed by atoms with Gasteiger partial charge in [0.05, 0.1) is 23.7 Å². The van der Waals surface area contributed by atoms with Crippen molar-refractivity contribution in [3.05, 3.63) is 0 Å². The summed E-state index contributed by atoms with van der Waals surface area (Å²) in [5.74, 6) is -4.83. The summed E-state index contributed by atoms with van der Waals surface area (Å²) in [6.07, 6.45) is 0.576. The molecule has 4 fully saturated rings. The fourth-order valence-electron chi connectivity index (χ4n) is 4.17. The van der Waals surface area contributed by atoms with Gasteiger partial charge in [-0.05, 0) is 18.3 Å². The van der Waals surface area contributed by atoms with Crippen molar-refractivity contribution in [3.63, 3.8) is 0 Å². The Morgan fingerprint density at radius 1 is 0.647 bits per heavy atom. The molecule has 2 aliphatic heterocycles. The van der Waals surface area contributed by atoms with Crippen molar-refractivity contribution >= 4 is 23.9 Å². The maximum atomic E-state index is 11.6. The number of carbonyl (C=O) groups excluding carboxylic acids is 4. The van der Waals surface area contributed by atoms with Gasteiger partial charge in [-0.25, -0.2) is 0 Å². The molecule has 2 heterocycles. The average molecular weight is 236 g/mol. The van der Waals surface area contributed by atoms with Gasteiger partial charge in [-0.15, -0.1) is 0 Å². The van der Waals surface area contributed by atoms with Crippen LogP contribution in [0.2, 0.25) is 0 Å². The maximum Gasteiger partial charge on any atom is 0.317 e. The lowest BCUT2D eigenvalue weighted by Gasteiger charge is -2.25. The van der Waals surface area contributed by atoms with E-state index in [1.54, 1.807) is 0 Å². The minimum absolute atomic E-state index is 0.257. The van der Waals surface area contributed by atoms with E-state index in [4.69, 9.17) is 0 Å². The Morgan fingerprint density at radius 3 is 1.24 bits per heavy atom. The highest BCUT2D eigenvalue weighted by molar-refractivity contribution is 6.03. The molecule has 4 rings (SSSR count). The summed E-state index contributed by atoms with van der Waals surface area (Å²) in [4.78, 5) is 46.2. The Labute approximate surface area is 95.2 Å². The molecular weight excluding hydrogens is 228 g/mol. The number of hydrogen-bond acceptors (Lipinski definition) is 6. The van der Waals surface area contributed by atoms with Crippen LogP contribution in [-0.2, 0) is 28.7 Å². The molecule has 88 valence electrons. The third-order valence-corrected chi connectivity index (χ3v) is 4.65. The largest absolute Gasteiger partial charge is 0.393 e. The van der Waals surface area contributed by atoms with Gasteiger partial charge in [-0.2, -0.15) is 0 Å². The zero-order valence-electron chi connectivity index (χ0n) is 8.62. The standard InChI is InChI=1S/C11H8O6/c12-8-4-2-1-3(6(4)10(14)16-8)7-5(2)9(13)17-11(7)15/h2-7H,1H2/t2?,3?,4-,5+,6+,7-. The van der Waals surface area contributed by atoms with Gasteiger partial charge in [-0.3, -0.25) is 19.2 Å². The van der Waals surface area contributed by atoms with Crippen LogP contribution in [0, 0.1) is 35.5 Å². The molecule has 2 unspecified atom stereocenters. The van der Waals surface area contributed by atoms with Crippen LogP contribution >= 0.6 is 0 Å². The Bertz CT molecular complexity index is 410. The second-order valence-corrected chi connectivity index (χ2v) is 5.15. The lowest BCUT2D eigenvalue weighted by molar-refractivity contribution is -0.155. The van der Waals surface area contributed by atoms with Crippen molar-refractivity contribution in [2.24, 2.45) is 35.5 Å². The van der Waals surface area contributed by atoms with Gasteiger partial charge in [0.25, 0.3) is 0 Å². The van der Waals surface area contributed by atoms with E-state index < -0.39 is 47.5 Å². The van der Waals surface area contributed by atoms with Gasteiger partial charge >= 0.3 is 23.9 Å². The second kappa shape index (κ2) is 2.57. The smallest absolute Gasteiger partial charge is 0.317 e. The summed E-state index contributed by atoms with van der Waals surface area (Å²) >= 11 is 0. The van der Waals surface area contributed by atoms with Gasteiger partial charge in [0, 0.05) is 0 Å². The number of fused-ring (bicyclic) bond motifs is 8. The first-order chi connectivity index (χ1) is 8.09. The molecule has 0 radical (unpaired) electrons. The first-order valence-electron chi connectivity index (χ1n) is 5.60. The third-order valence-electron chi connectivity index (χ3n) is 4.65. The summed E-state index contributed by atoms with van der Waals surface area (Å²) < 4.78 is 9.21. The first-order valence-corrected chi connectivity index (χ1v) is 5.60. The number of hydrogen-bond donors (Lipinski definition) is 0. The Kier molecular flexibility index (Phi) is 1.41. The lowest BCUT2D eigenvalue weighted by Crippen LogP contribution is -2.37. The van der Waals surface area contributed by atoms with Gasteiger partial charge in [0.2, 0.25) is 0 Å². The molecule has 4 aliphatic rings. The van der Waals surface area contributed by atoms with Crippen molar-refractivity contribution in [3.8, 4) is 0 Å². The molecule has 0 aromatic rings. The number of ether oxygens (including phenoxy) is 2. The summed E-state index contributed by atoms with van der Waals surface area (Å²) in [7, 11) is 0. The molecule has 0 N–H and O–H groups in total. The minimum Gasteiger partial charge on any atom is -0.393 e. The Balaban J connectivity index is 1.82. The summed E-state index contributed by atoms with van der Waals surface area (Å²) in [6, 6.07) is 0. The van der Waals surface area contributed by atoms with Crippen LogP contribution in [0.15, 0.2) is 0 Å². The quantitative estimate of drug-likeness (QED) is 0.407. The van der Waals surface area contributed by atoms with Crippen LogP contribution in [0.25, 0.3) is 0 Å². The maximum absolute atomic E-state index is 11.6. The van der Waals surface area contributed by atoms with Gasteiger partial charge < -0.3 is 9.47 Å². The van der Waals surface area contributed by atoms with Crippen LogP contribution in [0.4, 0.5) is 0 Å². The van der Waals surface area contributed by atoms with E-state index in [-0.39, 0.29) is 11.8 Å². The van der Waals surface area contributed by atoms with Crippen LogP contribution in [0.1, 0.15) is 6.42 Å². The number of rotatable bonds is 0. The van der Waals surface area contributed by atoms with E-state index in [2.05, 4.69) is 9.47 Å². The van der Waals surface area contributed by atoms with E-state index in [1.807, 2.05) is 0 Å². The van der Waals surface area contributed by atoms with E-state index >= 15 is 0 Å². The fourth-order valence-corrected chi connectivity index (χ4v) is 4.17. The third kappa shape index (κ3) is 0.852. The van der Waals surface area contributed by atoms with Crippen molar-refractivity contribution in [1.82, 2.24) is 0 Å². The molecule has 17 heavy (non-hydrogen) atoms. The Hall–Kier alpha value is -1.72. The first kappa shape index (κ1) is 9.32. The van der Waals surface area contributed by atoms with Crippen molar-refractivity contribution in [2.75, 3.05) is 0 Å². The number of esters is 4. The molecule has 0 aromatic carbocycles. The van der Waals surface area contributed by atoms with Crippen LogP contribution in [0.3, 0.4) is 0 Å². The SMILES string of the molecule is O=C1OC(=O)[C@H]2C3CC([C@@H]12)[C@@H]1C(=O)OC(=O)[C@H]31. The monoisotopic (exact) mass is 236 g/mol. The summed E-state index contributed by atoms with van der Waals surface area (Å²) in [5, 5.41) is 0. The van der Waals surface area contributed by atoms with E-state index in [9.17, 15) is 19.2 Å². The van der Waals surface area contributed by atoms with Crippen molar-refractivity contribution in [1.29, 1.82) is 0 Å². The molecule has 6 heteroatoms. The predicted octanol–water partition coefficient (Wildman–Crippen LogP) is -0.732. The molecule has 0 amide bonds. The molecule has 2 saturated carbocycles. The minimum atomic E-state index is -0.543. The highest BCUT2D eigenvalue weighted by Gasteiger charge is 2.72. The van der Waals surface area contributed by atoms with E-state index in [0.29, 0.717) is 6.42 Å². The zero-order valence-corrected chi connectivity index (χ0v) is 8.62. The van der Waals surface area contributed by atoms with Gasteiger partial charge in [0.15, 0.2) is 0 Å². The van der Waals surface area contributed by atoms with E-state index in [0.717, 1.165) is 0 Å². The summed E-state index contributed by atoms with van der Waals surface area (Å²) in [6.45, 7) is 0. The second-order valence-electron chi connectivity index (χ2n) is 5.15. The van der Waals surface area contributed by atoms with Crippen LogP contribution in [0.5, 0.6) is 0 Å². The molecule has 0 aromatic heterocycles.